The molecule has 5 nitrogen and oxygen atoms in total. The summed E-state index contributed by atoms with van der Waals surface area (Å²) in [7, 11) is 1.65. The smallest absolute Gasteiger partial charge is 0.266 e. The molecular weight excluding hydrogens is 194 g/mol. The molecule has 5 heteroatoms. The highest BCUT2D eigenvalue weighted by molar-refractivity contribution is 5.23. The van der Waals surface area contributed by atoms with Crippen LogP contribution in [0, 0.1) is 0 Å². The molecule has 1 aromatic heterocycles. The van der Waals surface area contributed by atoms with Crippen LogP contribution in [0.2, 0.25) is 0 Å². The monoisotopic (exact) mass is 211 g/mol. The molecule has 1 rings (SSSR count). The first kappa shape index (κ1) is 11.7. The molecule has 0 saturated carbocycles. The molecule has 0 atom stereocenters. The zero-order valence-corrected chi connectivity index (χ0v) is 9.36. The van der Waals surface area contributed by atoms with Gasteiger partial charge in [-0.1, -0.05) is 0 Å². The number of anilines is 1. The summed E-state index contributed by atoms with van der Waals surface area (Å²) in [6, 6.07) is 2.92. The lowest BCUT2D eigenvalue weighted by Gasteiger charge is -2.22. The van der Waals surface area contributed by atoms with Crippen molar-refractivity contribution in [1.29, 1.82) is 0 Å². The fourth-order valence-corrected chi connectivity index (χ4v) is 1.10. The summed E-state index contributed by atoms with van der Waals surface area (Å²) in [5.41, 5.74) is 5.10. The minimum atomic E-state index is -0.258. The van der Waals surface area contributed by atoms with E-state index in [1.54, 1.807) is 7.11 Å². The van der Waals surface area contributed by atoms with Crippen molar-refractivity contribution in [3.05, 3.63) is 22.5 Å². The van der Waals surface area contributed by atoms with Crippen molar-refractivity contribution < 1.29 is 4.74 Å². The van der Waals surface area contributed by atoms with Gasteiger partial charge < -0.3 is 10.5 Å². The molecule has 0 fully saturated rings. The second-order valence-corrected chi connectivity index (χ2v) is 4.03. The summed E-state index contributed by atoms with van der Waals surface area (Å²) >= 11 is 0. The van der Waals surface area contributed by atoms with Crippen LogP contribution in [0.5, 0.6) is 0 Å². The van der Waals surface area contributed by atoms with E-state index in [9.17, 15) is 4.79 Å². The van der Waals surface area contributed by atoms with Crippen LogP contribution in [0.15, 0.2) is 16.9 Å². The maximum absolute atomic E-state index is 11.4. The average molecular weight is 211 g/mol. The number of hydrogen-bond acceptors (Lipinski definition) is 4. The first-order valence-corrected chi connectivity index (χ1v) is 4.83. The zero-order valence-electron chi connectivity index (χ0n) is 9.36. The number of nitrogens with two attached hydrogens (primary N) is 1. The van der Waals surface area contributed by atoms with Crippen molar-refractivity contribution in [3.63, 3.8) is 0 Å². The zero-order chi connectivity index (χ0) is 11.5. The van der Waals surface area contributed by atoms with E-state index < -0.39 is 0 Å². The van der Waals surface area contributed by atoms with Gasteiger partial charge in [0, 0.05) is 19.7 Å². The fraction of sp³-hybridized carbons (Fsp3) is 0.600. The Morgan fingerprint density at radius 2 is 2.20 bits per heavy atom. The highest BCUT2D eigenvalue weighted by atomic mass is 16.5. The Morgan fingerprint density at radius 1 is 1.53 bits per heavy atom. The van der Waals surface area contributed by atoms with E-state index in [2.05, 4.69) is 5.10 Å². The van der Waals surface area contributed by atoms with E-state index >= 15 is 0 Å². The predicted octanol–water partition coefficient (Wildman–Crippen LogP) is 0.641. The molecular formula is C10H17N3O2. The molecule has 0 spiro atoms. The van der Waals surface area contributed by atoms with Gasteiger partial charge in [-0.25, -0.2) is 4.68 Å². The van der Waals surface area contributed by atoms with Gasteiger partial charge in [0.25, 0.3) is 5.56 Å². The highest BCUT2D eigenvalue weighted by Gasteiger charge is 2.16. The number of rotatable bonds is 4. The molecule has 1 aromatic rings. The second kappa shape index (κ2) is 4.44. The van der Waals surface area contributed by atoms with Gasteiger partial charge in [-0.3, -0.25) is 4.79 Å². The van der Waals surface area contributed by atoms with Crippen molar-refractivity contribution in [2.24, 2.45) is 0 Å². The molecule has 2 N–H and O–H groups in total. The topological polar surface area (TPSA) is 70.1 Å². The van der Waals surface area contributed by atoms with Crippen LogP contribution >= 0.6 is 0 Å². The number of nitrogen functional groups attached to an aromatic ring is 1. The van der Waals surface area contributed by atoms with E-state index in [4.69, 9.17) is 10.5 Å². The molecule has 0 bridgehead atoms. The average Bonchev–Trinajstić information content (AvgIpc) is 2.20. The van der Waals surface area contributed by atoms with Crippen molar-refractivity contribution in [3.8, 4) is 0 Å². The third kappa shape index (κ3) is 3.36. The van der Waals surface area contributed by atoms with Gasteiger partial charge in [0.15, 0.2) is 0 Å². The Bertz CT molecular complexity index is 384. The van der Waals surface area contributed by atoms with Crippen LogP contribution in [0.25, 0.3) is 0 Å². The van der Waals surface area contributed by atoms with Crippen LogP contribution < -0.4 is 11.3 Å². The maximum Gasteiger partial charge on any atom is 0.266 e. The van der Waals surface area contributed by atoms with Crippen molar-refractivity contribution in [2.75, 3.05) is 12.8 Å². The number of nitrogens with zero attached hydrogens (tertiary/aromatic N) is 2. The van der Waals surface area contributed by atoms with Gasteiger partial charge in [0.1, 0.15) is 5.82 Å². The lowest BCUT2D eigenvalue weighted by Crippen LogP contribution is -2.29. The van der Waals surface area contributed by atoms with Crippen LogP contribution in [0.1, 0.15) is 20.3 Å². The number of ether oxygens (including phenoxy) is 1. The summed E-state index contributed by atoms with van der Waals surface area (Å²) in [5.74, 6) is 0.352. The van der Waals surface area contributed by atoms with E-state index in [1.807, 2.05) is 13.8 Å². The number of methoxy groups -OCH3 is 1. The molecule has 0 aliphatic carbocycles. The van der Waals surface area contributed by atoms with Crippen molar-refractivity contribution in [2.45, 2.75) is 32.4 Å². The first-order chi connectivity index (χ1) is 6.94. The van der Waals surface area contributed by atoms with Crippen LogP contribution in [0.4, 0.5) is 5.82 Å². The lowest BCUT2D eigenvalue weighted by atomic mass is 10.1. The number of aromatic nitrogens is 2. The van der Waals surface area contributed by atoms with E-state index in [1.165, 1.54) is 16.8 Å². The fourth-order valence-electron chi connectivity index (χ4n) is 1.10. The number of hydrogen-bond donors (Lipinski definition) is 1. The van der Waals surface area contributed by atoms with Gasteiger partial charge >= 0.3 is 0 Å². The Kier molecular flexibility index (Phi) is 3.47. The van der Waals surface area contributed by atoms with Crippen LogP contribution in [-0.2, 0) is 11.3 Å². The largest absolute Gasteiger partial charge is 0.382 e. The van der Waals surface area contributed by atoms with Gasteiger partial charge in [-0.2, -0.15) is 5.10 Å². The summed E-state index contributed by atoms with van der Waals surface area (Å²) < 4.78 is 6.61. The molecule has 0 saturated heterocycles. The standard InChI is InChI=1S/C10H17N3O2/c1-10(2,15-3)6-7-13-9(14)5-4-8(11)12-13/h4-5H,6-7H2,1-3H3,(H2,11,12). The van der Waals surface area contributed by atoms with Crippen LogP contribution in [-0.4, -0.2) is 22.5 Å². The van der Waals surface area contributed by atoms with Gasteiger partial charge in [-0.15, -0.1) is 0 Å². The Balaban J connectivity index is 2.73. The van der Waals surface area contributed by atoms with E-state index in [0.717, 1.165) is 0 Å². The molecule has 15 heavy (non-hydrogen) atoms. The van der Waals surface area contributed by atoms with Gasteiger partial charge in [-0.05, 0) is 26.3 Å². The lowest BCUT2D eigenvalue weighted by molar-refractivity contribution is 0.0110. The second-order valence-electron chi connectivity index (χ2n) is 4.03. The Labute approximate surface area is 88.9 Å². The third-order valence-electron chi connectivity index (χ3n) is 2.37. The minimum Gasteiger partial charge on any atom is -0.382 e. The van der Waals surface area contributed by atoms with Crippen molar-refractivity contribution in [1.82, 2.24) is 9.78 Å². The summed E-state index contributed by atoms with van der Waals surface area (Å²) in [6.45, 7) is 4.43. The maximum atomic E-state index is 11.4. The number of aryl methyl sites for hydroxylation is 1. The minimum absolute atomic E-state index is 0.142. The quantitative estimate of drug-likeness (QED) is 0.793. The first-order valence-electron chi connectivity index (χ1n) is 4.83. The summed E-state index contributed by atoms with van der Waals surface area (Å²) in [6.07, 6.45) is 0.708. The molecule has 0 unspecified atom stereocenters. The molecule has 0 aromatic carbocycles. The van der Waals surface area contributed by atoms with E-state index in [0.29, 0.717) is 18.8 Å². The molecule has 1 heterocycles. The third-order valence-corrected chi connectivity index (χ3v) is 2.37. The normalized spacial score (nSPS) is 11.7. The molecule has 0 aliphatic heterocycles. The predicted molar refractivity (Wildman–Crippen MR) is 58.6 cm³/mol. The summed E-state index contributed by atoms with van der Waals surface area (Å²) in [4.78, 5) is 11.4. The molecule has 0 radical (unpaired) electrons. The molecule has 0 amide bonds. The van der Waals surface area contributed by atoms with Gasteiger partial charge in [0.2, 0.25) is 0 Å². The van der Waals surface area contributed by atoms with Crippen LogP contribution in [0.3, 0.4) is 0 Å². The molecule has 84 valence electrons. The van der Waals surface area contributed by atoms with Gasteiger partial charge in [0.05, 0.1) is 5.60 Å². The highest BCUT2D eigenvalue weighted by Crippen LogP contribution is 2.13. The Morgan fingerprint density at radius 3 is 2.80 bits per heavy atom. The Hall–Kier alpha value is -1.36. The van der Waals surface area contributed by atoms with E-state index in [-0.39, 0.29) is 11.2 Å². The van der Waals surface area contributed by atoms with Crippen molar-refractivity contribution >= 4 is 5.82 Å². The molecule has 0 aliphatic rings. The SMILES string of the molecule is COC(C)(C)CCn1nc(N)ccc1=O. The summed E-state index contributed by atoms with van der Waals surface area (Å²) in [5, 5.41) is 3.94.